The van der Waals surface area contributed by atoms with Crippen LogP contribution in [0.3, 0.4) is 0 Å². The molecule has 1 atom stereocenters. The Morgan fingerprint density at radius 3 is 2.66 bits per heavy atom. The zero-order chi connectivity index (χ0) is 26.6. The second-order valence-electron chi connectivity index (χ2n) is 10.6. The first kappa shape index (κ1) is 26.2. The number of rotatable bonds is 7. The summed E-state index contributed by atoms with van der Waals surface area (Å²) < 4.78 is 5.62. The van der Waals surface area contributed by atoms with Crippen molar-refractivity contribution < 1.29 is 14.3 Å². The number of carbonyl (C=O) groups excluding carboxylic acids is 2. The Hall–Kier alpha value is -3.40. The van der Waals surface area contributed by atoms with Crippen LogP contribution in [0.25, 0.3) is 0 Å². The van der Waals surface area contributed by atoms with Crippen molar-refractivity contribution in [3.05, 3.63) is 30.0 Å². The van der Waals surface area contributed by atoms with Crippen LogP contribution in [0.2, 0.25) is 0 Å². The van der Waals surface area contributed by atoms with E-state index in [-0.39, 0.29) is 11.8 Å². The summed E-state index contributed by atoms with van der Waals surface area (Å²) >= 11 is 0. The van der Waals surface area contributed by atoms with Crippen molar-refractivity contribution in [2.24, 2.45) is 0 Å². The number of carbonyl (C=O) groups is 2. The van der Waals surface area contributed by atoms with E-state index in [0.29, 0.717) is 54.5 Å². The number of piperidine rings is 1. The standard InChI is InChI=1S/C28H39N7O3/c1-33-14-7-6-10-21(33)17-29-27(37)19-11-12-22(24(16-19)38-3)31-28-30-18-23-26(32-28)35(20-8-4-5-9-20)15-13-25(36)34(23)2/h11-12,16,18,20-21H,4-10,13-15,17H2,1-3H3,(H,29,37)(H,30,31,32). The van der Waals surface area contributed by atoms with E-state index in [4.69, 9.17) is 9.72 Å². The summed E-state index contributed by atoms with van der Waals surface area (Å²) in [6, 6.07) is 6.10. The van der Waals surface area contributed by atoms with Gasteiger partial charge in [0.2, 0.25) is 11.9 Å². The zero-order valence-corrected chi connectivity index (χ0v) is 22.7. The van der Waals surface area contributed by atoms with Crippen LogP contribution in [-0.4, -0.2) is 79.6 Å². The summed E-state index contributed by atoms with van der Waals surface area (Å²) in [4.78, 5) is 41.1. The Morgan fingerprint density at radius 2 is 1.89 bits per heavy atom. The van der Waals surface area contributed by atoms with Crippen LogP contribution in [0.1, 0.15) is 61.7 Å². The van der Waals surface area contributed by atoms with Gasteiger partial charge in [-0.15, -0.1) is 0 Å². The molecule has 0 spiro atoms. The summed E-state index contributed by atoms with van der Waals surface area (Å²) in [5, 5.41) is 6.35. The number of hydrogen-bond donors (Lipinski definition) is 2. The molecule has 2 aliphatic heterocycles. The number of methoxy groups -OCH3 is 1. The lowest BCUT2D eigenvalue weighted by atomic mass is 10.0. The van der Waals surface area contributed by atoms with Gasteiger partial charge in [-0.3, -0.25) is 9.59 Å². The lowest BCUT2D eigenvalue weighted by Crippen LogP contribution is -2.44. The molecule has 3 aliphatic rings. The monoisotopic (exact) mass is 521 g/mol. The average molecular weight is 522 g/mol. The fraction of sp³-hybridized carbons (Fsp3) is 0.571. The largest absolute Gasteiger partial charge is 0.495 e. The van der Waals surface area contributed by atoms with Gasteiger partial charge in [0.1, 0.15) is 11.4 Å². The molecule has 1 unspecified atom stereocenters. The molecule has 2 aromatic rings. The maximum Gasteiger partial charge on any atom is 0.251 e. The second kappa shape index (κ2) is 11.6. The van der Waals surface area contributed by atoms with Crippen molar-refractivity contribution in [3.63, 3.8) is 0 Å². The number of nitrogens with one attached hydrogen (secondary N) is 2. The third-order valence-corrected chi connectivity index (χ3v) is 8.22. The molecule has 38 heavy (non-hydrogen) atoms. The first-order chi connectivity index (χ1) is 18.4. The van der Waals surface area contributed by atoms with Gasteiger partial charge in [0.05, 0.1) is 19.0 Å². The molecule has 0 radical (unpaired) electrons. The van der Waals surface area contributed by atoms with Gasteiger partial charge in [0.15, 0.2) is 5.82 Å². The minimum atomic E-state index is -0.116. The fourth-order valence-corrected chi connectivity index (χ4v) is 5.84. The van der Waals surface area contributed by atoms with Crippen LogP contribution in [0.15, 0.2) is 24.4 Å². The molecule has 2 fully saturated rings. The lowest BCUT2D eigenvalue weighted by molar-refractivity contribution is -0.118. The number of ether oxygens (including phenoxy) is 1. The van der Waals surface area contributed by atoms with Gasteiger partial charge in [-0.1, -0.05) is 19.3 Å². The normalized spacial score (nSPS) is 20.7. The number of fused-ring (bicyclic) bond motifs is 1. The summed E-state index contributed by atoms with van der Waals surface area (Å²) in [5.74, 6) is 1.69. The zero-order valence-electron chi connectivity index (χ0n) is 22.7. The molecular formula is C28H39N7O3. The van der Waals surface area contributed by atoms with Crippen molar-refractivity contribution in [1.29, 1.82) is 0 Å². The summed E-state index contributed by atoms with van der Waals surface area (Å²) in [6.45, 7) is 2.36. The van der Waals surface area contributed by atoms with Crippen LogP contribution in [0.4, 0.5) is 23.1 Å². The fourth-order valence-electron chi connectivity index (χ4n) is 5.84. The predicted molar refractivity (Wildman–Crippen MR) is 149 cm³/mol. The highest BCUT2D eigenvalue weighted by Crippen LogP contribution is 2.37. The molecule has 1 aromatic heterocycles. The van der Waals surface area contributed by atoms with E-state index in [1.807, 2.05) is 6.07 Å². The topological polar surface area (TPSA) is 103 Å². The quantitative estimate of drug-likeness (QED) is 0.570. The number of hydrogen-bond acceptors (Lipinski definition) is 8. The Balaban J connectivity index is 1.33. The highest BCUT2D eigenvalue weighted by molar-refractivity contribution is 5.97. The van der Waals surface area contributed by atoms with Gasteiger partial charge in [-0.2, -0.15) is 4.98 Å². The van der Waals surface area contributed by atoms with E-state index in [1.54, 1.807) is 37.4 Å². The predicted octanol–water partition coefficient (Wildman–Crippen LogP) is 3.56. The number of aromatic nitrogens is 2. The summed E-state index contributed by atoms with van der Waals surface area (Å²) in [5.41, 5.74) is 1.94. The van der Waals surface area contributed by atoms with Crippen molar-refractivity contribution in [1.82, 2.24) is 20.2 Å². The molecule has 1 aliphatic carbocycles. The van der Waals surface area contributed by atoms with Crippen LogP contribution in [0, 0.1) is 0 Å². The molecule has 0 bridgehead atoms. The van der Waals surface area contributed by atoms with Gasteiger partial charge < -0.3 is 30.1 Å². The Bertz CT molecular complexity index is 1170. The highest BCUT2D eigenvalue weighted by Gasteiger charge is 2.31. The molecule has 1 aromatic carbocycles. The Labute approximate surface area is 224 Å². The lowest BCUT2D eigenvalue weighted by Gasteiger charge is -2.32. The minimum Gasteiger partial charge on any atom is -0.495 e. The van der Waals surface area contributed by atoms with Gasteiger partial charge in [-0.25, -0.2) is 4.98 Å². The van der Waals surface area contributed by atoms with E-state index in [0.717, 1.165) is 37.3 Å². The van der Waals surface area contributed by atoms with Crippen molar-refractivity contribution in [3.8, 4) is 5.75 Å². The molecule has 10 nitrogen and oxygen atoms in total. The molecule has 2 N–H and O–H groups in total. The van der Waals surface area contributed by atoms with Gasteiger partial charge >= 0.3 is 0 Å². The molecule has 3 heterocycles. The molecule has 5 rings (SSSR count). The molecule has 10 heteroatoms. The van der Waals surface area contributed by atoms with E-state index >= 15 is 0 Å². The maximum absolute atomic E-state index is 12.9. The third kappa shape index (κ3) is 5.55. The van der Waals surface area contributed by atoms with Crippen molar-refractivity contribution in [2.75, 3.05) is 56.0 Å². The molecule has 2 amide bonds. The van der Waals surface area contributed by atoms with E-state index in [9.17, 15) is 9.59 Å². The number of nitrogens with zero attached hydrogens (tertiary/aromatic N) is 5. The highest BCUT2D eigenvalue weighted by atomic mass is 16.5. The SMILES string of the molecule is COc1cc(C(=O)NCC2CCCCN2C)ccc1Nc1ncc2c(n1)N(C1CCCC1)CCC(=O)N2C. The van der Waals surface area contributed by atoms with Gasteiger partial charge in [0.25, 0.3) is 5.91 Å². The minimum absolute atomic E-state index is 0.0710. The van der Waals surface area contributed by atoms with Gasteiger partial charge in [0, 0.05) is 44.2 Å². The number of likely N-dealkylation sites (tertiary alicyclic amines) is 1. The maximum atomic E-state index is 12.9. The van der Waals surface area contributed by atoms with Crippen LogP contribution >= 0.6 is 0 Å². The molecule has 1 saturated heterocycles. The molecular weight excluding hydrogens is 482 g/mol. The van der Waals surface area contributed by atoms with Crippen LogP contribution in [0.5, 0.6) is 5.75 Å². The smallest absolute Gasteiger partial charge is 0.251 e. The Kier molecular flexibility index (Phi) is 7.97. The number of benzene rings is 1. The average Bonchev–Trinajstić information content (AvgIpc) is 3.43. The van der Waals surface area contributed by atoms with Gasteiger partial charge in [-0.05, 0) is 57.5 Å². The third-order valence-electron chi connectivity index (χ3n) is 8.22. The Morgan fingerprint density at radius 1 is 1.11 bits per heavy atom. The van der Waals surface area contributed by atoms with Crippen molar-refractivity contribution in [2.45, 2.75) is 63.5 Å². The van der Waals surface area contributed by atoms with Crippen molar-refractivity contribution >= 4 is 35.0 Å². The molecule has 204 valence electrons. The summed E-state index contributed by atoms with van der Waals surface area (Å²) in [7, 11) is 5.49. The first-order valence-electron chi connectivity index (χ1n) is 13.8. The summed E-state index contributed by atoms with van der Waals surface area (Å²) in [6.07, 6.45) is 10.3. The van der Waals surface area contributed by atoms with Crippen LogP contribution < -0.4 is 25.2 Å². The first-order valence-corrected chi connectivity index (χ1v) is 13.8. The molecule has 1 saturated carbocycles. The van der Waals surface area contributed by atoms with E-state index in [1.165, 1.54) is 25.7 Å². The number of likely N-dealkylation sites (N-methyl/N-ethyl adjacent to an activating group) is 1. The number of amides is 2. The van der Waals surface area contributed by atoms with E-state index < -0.39 is 0 Å². The van der Waals surface area contributed by atoms with Crippen LogP contribution in [-0.2, 0) is 4.79 Å². The van der Waals surface area contributed by atoms with E-state index in [2.05, 4.69) is 32.5 Å². The number of anilines is 4. The second-order valence-corrected chi connectivity index (χ2v) is 10.6.